The molecule has 1 aromatic heterocycles. The maximum atomic E-state index is 10.1. The number of nitrogens with zero attached hydrogens (tertiary/aromatic N) is 4. The summed E-state index contributed by atoms with van der Waals surface area (Å²) in [6.07, 6.45) is 0. The van der Waals surface area contributed by atoms with Gasteiger partial charge < -0.3 is 14.7 Å². The first-order chi connectivity index (χ1) is 7.94. The second-order valence-corrected chi connectivity index (χ2v) is 4.84. The Bertz CT molecular complexity index is 421. The van der Waals surface area contributed by atoms with E-state index in [1.165, 1.54) is 7.11 Å². The number of hydrogen-bond donors (Lipinski definition) is 1. The lowest BCUT2D eigenvalue weighted by Gasteiger charge is -2.48. The summed E-state index contributed by atoms with van der Waals surface area (Å²) in [5, 5.41) is 10.2. The number of hydrogen-bond acceptors (Lipinski definition) is 6. The molecule has 2 rings (SSSR count). The van der Waals surface area contributed by atoms with E-state index in [4.69, 9.17) is 16.3 Å². The molecule has 17 heavy (non-hydrogen) atoms. The third kappa shape index (κ3) is 2.28. The van der Waals surface area contributed by atoms with Crippen molar-refractivity contribution in [2.75, 3.05) is 25.1 Å². The molecule has 0 amide bonds. The minimum atomic E-state index is -0.674. The van der Waals surface area contributed by atoms with Crippen LogP contribution in [0.2, 0.25) is 5.28 Å². The zero-order valence-corrected chi connectivity index (χ0v) is 10.8. The molecule has 0 aliphatic carbocycles. The highest BCUT2D eigenvalue weighted by Gasteiger charge is 2.45. The van der Waals surface area contributed by atoms with Crippen LogP contribution in [0.4, 0.5) is 5.95 Å². The van der Waals surface area contributed by atoms with E-state index in [1.807, 2.05) is 18.7 Å². The quantitative estimate of drug-likeness (QED) is 0.862. The van der Waals surface area contributed by atoms with Crippen molar-refractivity contribution in [2.24, 2.45) is 5.92 Å². The van der Waals surface area contributed by atoms with Crippen molar-refractivity contribution in [2.45, 2.75) is 19.4 Å². The van der Waals surface area contributed by atoms with Crippen molar-refractivity contribution in [3.63, 3.8) is 0 Å². The van der Waals surface area contributed by atoms with Crippen molar-refractivity contribution in [3.05, 3.63) is 5.28 Å². The van der Waals surface area contributed by atoms with E-state index in [0.717, 1.165) is 0 Å². The van der Waals surface area contributed by atoms with E-state index in [1.54, 1.807) is 0 Å². The Morgan fingerprint density at radius 1 is 1.35 bits per heavy atom. The van der Waals surface area contributed by atoms with Crippen LogP contribution in [0, 0.1) is 5.92 Å². The molecule has 0 radical (unpaired) electrons. The zero-order chi connectivity index (χ0) is 12.6. The first-order valence-electron chi connectivity index (χ1n) is 5.37. The molecule has 6 nitrogen and oxygen atoms in total. The Labute approximate surface area is 105 Å². The van der Waals surface area contributed by atoms with Crippen LogP contribution in [0.25, 0.3) is 0 Å². The van der Waals surface area contributed by atoms with Crippen LogP contribution in [0.1, 0.15) is 13.8 Å². The lowest BCUT2D eigenvalue weighted by Crippen LogP contribution is -2.65. The highest BCUT2D eigenvalue weighted by atomic mass is 35.5. The smallest absolute Gasteiger partial charge is 0.322 e. The summed E-state index contributed by atoms with van der Waals surface area (Å²) in [6.45, 7) is 4.96. The number of methoxy groups -OCH3 is 1. The third-order valence-corrected chi connectivity index (χ3v) is 3.21. The number of aromatic nitrogens is 3. The Kier molecular flexibility index (Phi) is 3.09. The van der Waals surface area contributed by atoms with Gasteiger partial charge in [-0.25, -0.2) is 0 Å². The SMILES string of the molecule is COc1nc(Cl)nc(N2CC(O)(C(C)C)C2)n1. The molecule has 0 unspecified atom stereocenters. The van der Waals surface area contributed by atoms with Crippen LogP contribution in [-0.4, -0.2) is 45.9 Å². The summed E-state index contributed by atoms with van der Waals surface area (Å²) in [6, 6.07) is 0.181. The van der Waals surface area contributed by atoms with Gasteiger partial charge in [0.1, 0.15) is 5.60 Å². The molecule has 7 heteroatoms. The van der Waals surface area contributed by atoms with E-state index in [0.29, 0.717) is 19.0 Å². The van der Waals surface area contributed by atoms with Gasteiger partial charge in [-0.3, -0.25) is 0 Å². The van der Waals surface area contributed by atoms with Gasteiger partial charge in [0.05, 0.1) is 20.2 Å². The summed E-state index contributed by atoms with van der Waals surface area (Å²) >= 11 is 5.76. The third-order valence-electron chi connectivity index (χ3n) is 3.05. The average Bonchev–Trinajstić information content (AvgIpc) is 2.23. The van der Waals surface area contributed by atoms with E-state index < -0.39 is 5.60 Å². The van der Waals surface area contributed by atoms with Gasteiger partial charge in [0.15, 0.2) is 0 Å². The number of β-amino-alcohol motifs (C(OH)–C–C–N with tert-alkyl or cyclic N) is 1. The van der Waals surface area contributed by atoms with E-state index in [2.05, 4.69) is 15.0 Å². The second-order valence-electron chi connectivity index (χ2n) is 4.51. The molecule has 0 saturated carbocycles. The summed E-state index contributed by atoms with van der Waals surface area (Å²) in [5.74, 6) is 0.630. The Morgan fingerprint density at radius 2 is 2.00 bits per heavy atom. The van der Waals surface area contributed by atoms with Gasteiger partial charge in [0.2, 0.25) is 11.2 Å². The normalized spacial score (nSPS) is 18.1. The van der Waals surface area contributed by atoms with Crippen LogP contribution in [0.5, 0.6) is 6.01 Å². The lowest BCUT2D eigenvalue weighted by atomic mass is 9.83. The summed E-state index contributed by atoms with van der Waals surface area (Å²) in [4.78, 5) is 13.7. The molecule has 0 bridgehead atoms. The predicted molar refractivity (Wildman–Crippen MR) is 63.4 cm³/mol. The fraction of sp³-hybridized carbons (Fsp3) is 0.700. The van der Waals surface area contributed by atoms with Crippen LogP contribution >= 0.6 is 11.6 Å². The van der Waals surface area contributed by atoms with E-state index in [9.17, 15) is 5.11 Å². The molecule has 1 N–H and O–H groups in total. The van der Waals surface area contributed by atoms with Crippen molar-refractivity contribution in [3.8, 4) is 6.01 Å². The highest BCUT2D eigenvalue weighted by molar-refractivity contribution is 6.28. The molecule has 0 spiro atoms. The number of aliphatic hydroxyl groups is 1. The molecule has 1 saturated heterocycles. The minimum Gasteiger partial charge on any atom is -0.467 e. The molecular formula is C10H15ClN4O2. The molecule has 1 fully saturated rings. The van der Waals surface area contributed by atoms with Gasteiger partial charge in [-0.15, -0.1) is 0 Å². The Morgan fingerprint density at radius 3 is 2.53 bits per heavy atom. The van der Waals surface area contributed by atoms with Gasteiger partial charge in [-0.1, -0.05) is 13.8 Å². The first-order valence-corrected chi connectivity index (χ1v) is 5.75. The topological polar surface area (TPSA) is 71.4 Å². The molecule has 2 heterocycles. The van der Waals surface area contributed by atoms with Crippen molar-refractivity contribution >= 4 is 17.5 Å². The zero-order valence-electron chi connectivity index (χ0n) is 10.0. The van der Waals surface area contributed by atoms with Gasteiger partial charge >= 0.3 is 6.01 Å². The van der Waals surface area contributed by atoms with Crippen LogP contribution in [0.3, 0.4) is 0 Å². The number of halogens is 1. The van der Waals surface area contributed by atoms with Gasteiger partial charge in [-0.2, -0.15) is 15.0 Å². The number of ether oxygens (including phenoxy) is 1. The molecule has 0 atom stereocenters. The van der Waals surface area contributed by atoms with Crippen LogP contribution in [-0.2, 0) is 0 Å². The van der Waals surface area contributed by atoms with Crippen molar-refractivity contribution < 1.29 is 9.84 Å². The van der Waals surface area contributed by atoms with E-state index >= 15 is 0 Å². The van der Waals surface area contributed by atoms with E-state index in [-0.39, 0.29) is 17.2 Å². The largest absolute Gasteiger partial charge is 0.467 e. The fourth-order valence-electron chi connectivity index (χ4n) is 1.68. The monoisotopic (exact) mass is 258 g/mol. The molecule has 1 aliphatic heterocycles. The molecule has 1 aromatic rings. The fourth-order valence-corrected chi connectivity index (χ4v) is 1.82. The Hall–Kier alpha value is -1.14. The summed E-state index contributed by atoms with van der Waals surface area (Å²) in [7, 11) is 1.47. The number of rotatable bonds is 3. The average molecular weight is 259 g/mol. The summed E-state index contributed by atoms with van der Waals surface area (Å²) < 4.78 is 4.92. The van der Waals surface area contributed by atoms with Crippen LogP contribution in [0.15, 0.2) is 0 Å². The van der Waals surface area contributed by atoms with Crippen molar-refractivity contribution in [1.82, 2.24) is 15.0 Å². The van der Waals surface area contributed by atoms with Gasteiger partial charge in [-0.05, 0) is 17.5 Å². The summed E-state index contributed by atoms with van der Waals surface area (Å²) in [5.41, 5.74) is -0.674. The lowest BCUT2D eigenvalue weighted by molar-refractivity contribution is -0.0309. The number of anilines is 1. The van der Waals surface area contributed by atoms with Gasteiger partial charge in [0.25, 0.3) is 0 Å². The van der Waals surface area contributed by atoms with Crippen molar-refractivity contribution in [1.29, 1.82) is 0 Å². The molecule has 0 aromatic carbocycles. The molecular weight excluding hydrogens is 244 g/mol. The first kappa shape index (κ1) is 12.3. The predicted octanol–water partition coefficient (Wildman–Crippen LogP) is 0.741. The standard InChI is InChI=1S/C10H15ClN4O2/c1-6(2)10(16)4-15(5-10)8-12-7(11)13-9(14-8)17-3/h6,16H,4-5H2,1-3H3. The molecule has 1 aliphatic rings. The maximum absolute atomic E-state index is 10.1. The maximum Gasteiger partial charge on any atom is 0.322 e. The Balaban J connectivity index is 2.13. The minimum absolute atomic E-state index is 0.0897. The second kappa shape index (κ2) is 4.27. The highest BCUT2D eigenvalue weighted by Crippen LogP contribution is 2.31. The van der Waals surface area contributed by atoms with Gasteiger partial charge in [0, 0.05) is 0 Å². The molecule has 94 valence electrons. The van der Waals surface area contributed by atoms with Crippen LogP contribution < -0.4 is 9.64 Å².